The maximum absolute atomic E-state index is 12.4. The Kier molecular flexibility index (Phi) is 6.47. The fourth-order valence-corrected chi connectivity index (χ4v) is 3.19. The Morgan fingerprint density at radius 1 is 1.23 bits per heavy atom. The van der Waals surface area contributed by atoms with Gasteiger partial charge < -0.3 is 10.1 Å². The molecule has 0 unspecified atom stereocenters. The lowest BCUT2D eigenvalue weighted by molar-refractivity contribution is -0.385. The minimum absolute atomic E-state index is 0.0275. The number of nitrogens with one attached hydrogen (secondary N) is 1. The molecule has 1 N–H and O–H groups in total. The fraction of sp³-hybridized carbons (Fsp3) is 0.167. The van der Waals surface area contributed by atoms with Crippen molar-refractivity contribution in [2.45, 2.75) is 6.42 Å². The number of aromatic nitrogens is 1. The normalized spacial score (nSPS) is 12.5. The predicted octanol–water partition coefficient (Wildman–Crippen LogP) is 2.46. The molecule has 2 heterocycles. The number of nitrogens with zero attached hydrogens (tertiary/aromatic N) is 3. The summed E-state index contributed by atoms with van der Waals surface area (Å²) in [5.41, 5.74) is -0.927. The Hall–Kier alpha value is -3.57. The van der Waals surface area contributed by atoms with Crippen LogP contribution in [0.25, 0.3) is 0 Å². The second kappa shape index (κ2) is 9.06. The molecular formula is C18H12Cl2N4O7. The van der Waals surface area contributed by atoms with E-state index in [4.69, 9.17) is 27.9 Å². The monoisotopic (exact) mass is 466 g/mol. The molecule has 1 aromatic heterocycles. The second-order valence-electron chi connectivity index (χ2n) is 6.16. The number of nitro groups is 1. The van der Waals surface area contributed by atoms with Crippen molar-refractivity contribution in [3.63, 3.8) is 0 Å². The molecule has 11 nitrogen and oxygen atoms in total. The lowest BCUT2D eigenvalue weighted by Crippen LogP contribution is -2.32. The minimum Gasteiger partial charge on any atom is -0.456 e. The molecule has 13 heteroatoms. The molecular weight excluding hydrogens is 455 g/mol. The van der Waals surface area contributed by atoms with Crippen molar-refractivity contribution in [1.82, 2.24) is 9.88 Å². The molecule has 0 spiro atoms. The second-order valence-corrected chi connectivity index (χ2v) is 7.01. The Balaban J connectivity index is 1.53. The topological polar surface area (TPSA) is 149 Å². The molecule has 0 fully saturated rings. The van der Waals surface area contributed by atoms with Gasteiger partial charge in [0.1, 0.15) is 5.56 Å². The van der Waals surface area contributed by atoms with E-state index < -0.39 is 47.3 Å². The quantitative estimate of drug-likeness (QED) is 0.283. The van der Waals surface area contributed by atoms with E-state index in [-0.39, 0.29) is 33.5 Å². The zero-order valence-corrected chi connectivity index (χ0v) is 17.0. The summed E-state index contributed by atoms with van der Waals surface area (Å²) in [4.78, 5) is 63.4. The number of imide groups is 1. The van der Waals surface area contributed by atoms with Gasteiger partial charge in [0, 0.05) is 18.8 Å². The van der Waals surface area contributed by atoms with Gasteiger partial charge in [0.2, 0.25) is 0 Å². The summed E-state index contributed by atoms with van der Waals surface area (Å²) < 4.78 is 4.80. The van der Waals surface area contributed by atoms with Crippen molar-refractivity contribution < 1.29 is 28.8 Å². The summed E-state index contributed by atoms with van der Waals surface area (Å²) in [7, 11) is 0. The minimum atomic E-state index is -0.874. The Bertz CT molecular complexity index is 1120. The van der Waals surface area contributed by atoms with Crippen molar-refractivity contribution in [2.24, 2.45) is 0 Å². The van der Waals surface area contributed by atoms with Crippen LogP contribution in [0.2, 0.25) is 10.0 Å². The number of ether oxygens (including phenoxy) is 1. The number of halogens is 2. The number of anilines is 1. The summed E-state index contributed by atoms with van der Waals surface area (Å²) in [5.74, 6) is -3.18. The third kappa shape index (κ3) is 4.78. The average molecular weight is 467 g/mol. The van der Waals surface area contributed by atoms with E-state index in [1.807, 2.05) is 0 Å². The Labute approximate surface area is 184 Å². The van der Waals surface area contributed by atoms with Gasteiger partial charge in [-0.1, -0.05) is 29.3 Å². The van der Waals surface area contributed by atoms with Crippen LogP contribution in [0.15, 0.2) is 30.5 Å². The number of esters is 1. The van der Waals surface area contributed by atoms with Gasteiger partial charge in [-0.25, -0.2) is 4.98 Å². The molecule has 0 atom stereocenters. The first-order valence-corrected chi connectivity index (χ1v) is 9.34. The highest BCUT2D eigenvalue weighted by atomic mass is 35.5. The van der Waals surface area contributed by atoms with Crippen LogP contribution in [0.5, 0.6) is 0 Å². The smallest absolute Gasteiger partial charge is 0.308 e. The van der Waals surface area contributed by atoms with Crippen LogP contribution in [0.3, 0.4) is 0 Å². The van der Waals surface area contributed by atoms with E-state index >= 15 is 0 Å². The third-order valence-electron chi connectivity index (χ3n) is 4.14. The van der Waals surface area contributed by atoms with Crippen LogP contribution >= 0.6 is 23.2 Å². The number of hydrogen-bond donors (Lipinski definition) is 1. The summed E-state index contributed by atoms with van der Waals surface area (Å²) in [5, 5.41) is 13.8. The van der Waals surface area contributed by atoms with E-state index in [1.165, 1.54) is 24.4 Å². The molecule has 0 radical (unpaired) electrons. The Morgan fingerprint density at radius 3 is 2.65 bits per heavy atom. The van der Waals surface area contributed by atoms with E-state index in [2.05, 4.69) is 10.3 Å². The van der Waals surface area contributed by atoms with Gasteiger partial charge in [-0.2, -0.15) is 0 Å². The number of carbonyl (C=O) groups is 4. The number of rotatable bonds is 7. The van der Waals surface area contributed by atoms with Crippen LogP contribution in [0.4, 0.5) is 11.5 Å². The van der Waals surface area contributed by atoms with Gasteiger partial charge in [0.15, 0.2) is 12.4 Å². The maximum atomic E-state index is 12.4. The number of nitro benzene ring substituents is 1. The highest BCUT2D eigenvalue weighted by Crippen LogP contribution is 2.30. The zero-order chi connectivity index (χ0) is 22.7. The molecule has 1 aliphatic heterocycles. The molecule has 0 saturated carbocycles. The number of benzene rings is 1. The van der Waals surface area contributed by atoms with Gasteiger partial charge in [-0.05, 0) is 12.1 Å². The SMILES string of the molecule is O=C(COC(=O)CCN1C(=O)c2cccc([N+](=O)[O-])c2C1=O)Nc1ncc(Cl)cc1Cl. The highest BCUT2D eigenvalue weighted by Gasteiger charge is 2.40. The van der Waals surface area contributed by atoms with Crippen molar-refractivity contribution >= 4 is 58.4 Å². The molecule has 160 valence electrons. The third-order valence-corrected chi connectivity index (χ3v) is 4.64. The molecule has 1 aromatic carbocycles. The first kappa shape index (κ1) is 22.1. The summed E-state index contributed by atoms with van der Waals surface area (Å²) in [6.45, 7) is -1.03. The lowest BCUT2D eigenvalue weighted by Gasteiger charge is -2.13. The van der Waals surface area contributed by atoms with Crippen molar-refractivity contribution in [2.75, 3.05) is 18.5 Å². The van der Waals surface area contributed by atoms with Gasteiger partial charge in [-0.3, -0.25) is 34.2 Å². The lowest BCUT2D eigenvalue weighted by atomic mass is 10.1. The van der Waals surface area contributed by atoms with Gasteiger partial charge in [-0.15, -0.1) is 0 Å². The first-order chi connectivity index (χ1) is 14.7. The zero-order valence-electron chi connectivity index (χ0n) is 15.5. The van der Waals surface area contributed by atoms with Gasteiger partial charge in [0.25, 0.3) is 23.4 Å². The largest absolute Gasteiger partial charge is 0.456 e. The van der Waals surface area contributed by atoms with Crippen molar-refractivity contribution in [3.8, 4) is 0 Å². The Morgan fingerprint density at radius 2 is 1.97 bits per heavy atom. The number of fused-ring (bicyclic) bond motifs is 1. The van der Waals surface area contributed by atoms with Crippen LogP contribution in [-0.2, 0) is 14.3 Å². The van der Waals surface area contributed by atoms with E-state index in [1.54, 1.807) is 0 Å². The van der Waals surface area contributed by atoms with Gasteiger partial charge >= 0.3 is 5.97 Å². The molecule has 31 heavy (non-hydrogen) atoms. The number of hydrogen-bond acceptors (Lipinski definition) is 8. The number of amides is 3. The first-order valence-electron chi connectivity index (χ1n) is 8.59. The molecule has 3 rings (SSSR count). The maximum Gasteiger partial charge on any atom is 0.308 e. The van der Waals surface area contributed by atoms with Crippen molar-refractivity contribution in [1.29, 1.82) is 0 Å². The number of pyridine rings is 1. The fourth-order valence-electron chi connectivity index (χ4n) is 2.77. The van der Waals surface area contributed by atoms with E-state index in [9.17, 15) is 29.3 Å². The number of carbonyl (C=O) groups excluding carboxylic acids is 4. The van der Waals surface area contributed by atoms with E-state index in [0.717, 1.165) is 11.0 Å². The predicted molar refractivity (Wildman–Crippen MR) is 107 cm³/mol. The molecule has 0 bridgehead atoms. The summed E-state index contributed by atoms with van der Waals surface area (Å²) in [6.07, 6.45) is 0.855. The average Bonchev–Trinajstić information content (AvgIpc) is 2.97. The van der Waals surface area contributed by atoms with Crippen LogP contribution in [0, 0.1) is 10.1 Å². The van der Waals surface area contributed by atoms with Crippen LogP contribution in [-0.4, -0.2) is 51.6 Å². The van der Waals surface area contributed by atoms with Crippen LogP contribution < -0.4 is 5.32 Å². The van der Waals surface area contributed by atoms with Gasteiger partial charge in [0.05, 0.1) is 27.0 Å². The summed E-state index contributed by atoms with van der Waals surface area (Å²) in [6, 6.07) is 5.06. The van der Waals surface area contributed by atoms with Crippen LogP contribution in [0.1, 0.15) is 27.1 Å². The molecule has 0 saturated heterocycles. The highest BCUT2D eigenvalue weighted by molar-refractivity contribution is 6.36. The molecule has 3 amide bonds. The van der Waals surface area contributed by atoms with E-state index in [0.29, 0.717) is 0 Å². The standard InChI is InChI=1S/C18H12Cl2N4O7/c19-9-6-11(20)16(21-7-9)22-13(25)8-31-14(26)4-5-23-17(27)10-2-1-3-12(24(29)30)15(10)18(23)28/h1-3,6-7H,4-5,8H2,(H,21,22,25). The molecule has 0 aliphatic carbocycles. The molecule has 1 aliphatic rings. The van der Waals surface area contributed by atoms with Crippen molar-refractivity contribution in [3.05, 3.63) is 61.7 Å². The molecule has 2 aromatic rings. The summed E-state index contributed by atoms with van der Waals surface area (Å²) >= 11 is 11.6.